The maximum Gasteiger partial charge on any atom is 0.0459 e. The van der Waals surface area contributed by atoms with Crippen LogP contribution >= 0.6 is 11.6 Å². The summed E-state index contributed by atoms with van der Waals surface area (Å²) in [4.78, 5) is 2.48. The van der Waals surface area contributed by atoms with Gasteiger partial charge in [-0.3, -0.25) is 0 Å². The summed E-state index contributed by atoms with van der Waals surface area (Å²) in [6.07, 6.45) is 4.38. The lowest BCUT2D eigenvalue weighted by Gasteiger charge is -2.38. The first-order valence-electron chi connectivity index (χ1n) is 7.81. The molecule has 2 N–H and O–H groups in total. The lowest BCUT2D eigenvalue weighted by atomic mass is 9.93. The second-order valence-electron chi connectivity index (χ2n) is 6.32. The molecule has 0 bridgehead atoms. The predicted octanol–water partition coefficient (Wildman–Crippen LogP) is 4.24. The van der Waals surface area contributed by atoms with E-state index in [1.54, 1.807) is 0 Å². The van der Waals surface area contributed by atoms with Crippen molar-refractivity contribution in [3.05, 3.63) is 28.8 Å². The minimum absolute atomic E-state index is 0.202. The van der Waals surface area contributed by atoms with Crippen molar-refractivity contribution < 1.29 is 0 Å². The molecule has 0 spiro atoms. The summed E-state index contributed by atoms with van der Waals surface area (Å²) in [5, 5.41) is 0.859. The molecule has 0 aliphatic carbocycles. The molecule has 0 saturated carbocycles. The molecular weight excluding hydrogens is 268 g/mol. The third-order valence-corrected chi connectivity index (χ3v) is 4.86. The van der Waals surface area contributed by atoms with E-state index in [1.807, 2.05) is 0 Å². The van der Waals surface area contributed by atoms with Crippen molar-refractivity contribution >= 4 is 17.3 Å². The average Bonchev–Trinajstić information content (AvgIpc) is 2.41. The number of hydrogen-bond acceptors (Lipinski definition) is 2. The number of anilines is 1. The fourth-order valence-corrected chi connectivity index (χ4v) is 3.35. The van der Waals surface area contributed by atoms with E-state index < -0.39 is 0 Å². The molecule has 1 aliphatic heterocycles. The van der Waals surface area contributed by atoms with Crippen molar-refractivity contribution in [2.24, 2.45) is 11.7 Å². The number of benzene rings is 1. The summed E-state index contributed by atoms with van der Waals surface area (Å²) in [5.41, 5.74) is 8.45. The highest BCUT2D eigenvalue weighted by molar-refractivity contribution is 6.31. The number of halogens is 1. The molecule has 1 aromatic carbocycles. The van der Waals surface area contributed by atoms with Crippen molar-refractivity contribution in [2.75, 3.05) is 11.4 Å². The third-order valence-electron chi connectivity index (χ3n) is 4.51. The first-order valence-corrected chi connectivity index (χ1v) is 8.19. The Morgan fingerprint density at radius 3 is 2.75 bits per heavy atom. The van der Waals surface area contributed by atoms with E-state index in [-0.39, 0.29) is 6.04 Å². The first-order chi connectivity index (χ1) is 9.51. The van der Waals surface area contributed by atoms with Gasteiger partial charge in [0.1, 0.15) is 0 Å². The Labute approximate surface area is 128 Å². The molecule has 0 aromatic heterocycles. The lowest BCUT2D eigenvalue weighted by Crippen LogP contribution is -2.40. The van der Waals surface area contributed by atoms with Crippen LogP contribution in [0.5, 0.6) is 0 Å². The summed E-state index contributed by atoms with van der Waals surface area (Å²) in [5.74, 6) is 0.832. The SMILES string of the molecule is CCC(N)Cc1ccc(N2CCC(C)CC2C)cc1Cl. The zero-order valence-corrected chi connectivity index (χ0v) is 13.7. The van der Waals surface area contributed by atoms with Crippen LogP contribution in [0.2, 0.25) is 5.02 Å². The molecule has 3 heteroatoms. The van der Waals surface area contributed by atoms with E-state index in [0.29, 0.717) is 6.04 Å². The lowest BCUT2D eigenvalue weighted by molar-refractivity contribution is 0.378. The summed E-state index contributed by atoms with van der Waals surface area (Å²) in [7, 11) is 0. The number of hydrogen-bond donors (Lipinski definition) is 1. The zero-order valence-electron chi connectivity index (χ0n) is 12.9. The van der Waals surface area contributed by atoms with Gasteiger partial charge in [0.25, 0.3) is 0 Å². The van der Waals surface area contributed by atoms with Gasteiger partial charge in [-0.15, -0.1) is 0 Å². The maximum absolute atomic E-state index is 6.44. The summed E-state index contributed by atoms with van der Waals surface area (Å²) < 4.78 is 0. The van der Waals surface area contributed by atoms with Crippen molar-refractivity contribution in [1.29, 1.82) is 0 Å². The zero-order chi connectivity index (χ0) is 14.7. The number of rotatable bonds is 4. The quantitative estimate of drug-likeness (QED) is 0.900. The molecule has 3 atom stereocenters. The smallest absolute Gasteiger partial charge is 0.0459 e. The summed E-state index contributed by atoms with van der Waals surface area (Å²) in [6.45, 7) is 7.90. The summed E-state index contributed by atoms with van der Waals surface area (Å²) >= 11 is 6.44. The normalized spacial score (nSPS) is 24.8. The van der Waals surface area contributed by atoms with Crippen LogP contribution < -0.4 is 10.6 Å². The third kappa shape index (κ3) is 3.67. The second-order valence-corrected chi connectivity index (χ2v) is 6.73. The van der Waals surface area contributed by atoms with Crippen molar-refractivity contribution in [3.63, 3.8) is 0 Å². The van der Waals surface area contributed by atoms with E-state index in [2.05, 4.69) is 43.9 Å². The van der Waals surface area contributed by atoms with Gasteiger partial charge in [0, 0.05) is 29.3 Å². The van der Waals surface area contributed by atoms with Gasteiger partial charge in [0.05, 0.1) is 0 Å². The van der Waals surface area contributed by atoms with Crippen molar-refractivity contribution in [2.45, 2.75) is 58.5 Å². The van der Waals surface area contributed by atoms with E-state index in [9.17, 15) is 0 Å². The minimum Gasteiger partial charge on any atom is -0.369 e. The molecule has 1 saturated heterocycles. The van der Waals surface area contributed by atoms with E-state index >= 15 is 0 Å². The fraction of sp³-hybridized carbons (Fsp3) is 0.647. The molecule has 1 aromatic rings. The Kier molecular flexibility index (Phi) is 5.34. The van der Waals surface area contributed by atoms with Crippen molar-refractivity contribution in [3.8, 4) is 0 Å². The highest BCUT2D eigenvalue weighted by Crippen LogP contribution is 2.31. The van der Waals surface area contributed by atoms with Gasteiger partial charge < -0.3 is 10.6 Å². The topological polar surface area (TPSA) is 29.3 Å². The van der Waals surface area contributed by atoms with Crippen LogP contribution in [0, 0.1) is 5.92 Å². The molecular formula is C17H27ClN2. The first kappa shape index (κ1) is 15.7. The molecule has 0 radical (unpaired) electrons. The molecule has 1 heterocycles. The molecule has 1 aliphatic rings. The van der Waals surface area contributed by atoms with E-state index in [1.165, 1.54) is 24.1 Å². The van der Waals surface area contributed by atoms with E-state index in [4.69, 9.17) is 17.3 Å². The Bertz CT molecular complexity index is 447. The van der Waals surface area contributed by atoms with Crippen LogP contribution in [0.3, 0.4) is 0 Å². The van der Waals surface area contributed by atoms with Crippen LogP contribution in [0.4, 0.5) is 5.69 Å². The van der Waals surface area contributed by atoms with Crippen LogP contribution in [-0.4, -0.2) is 18.6 Å². The molecule has 2 nitrogen and oxygen atoms in total. The monoisotopic (exact) mass is 294 g/mol. The Hall–Kier alpha value is -0.730. The average molecular weight is 295 g/mol. The van der Waals surface area contributed by atoms with Gasteiger partial charge in [-0.05, 0) is 56.2 Å². The Balaban J connectivity index is 2.12. The number of nitrogens with zero attached hydrogens (tertiary/aromatic N) is 1. The Morgan fingerprint density at radius 2 is 2.15 bits per heavy atom. The van der Waals surface area contributed by atoms with Gasteiger partial charge in [-0.25, -0.2) is 0 Å². The maximum atomic E-state index is 6.44. The summed E-state index contributed by atoms with van der Waals surface area (Å²) in [6, 6.07) is 7.27. The molecule has 0 amide bonds. The molecule has 2 rings (SSSR count). The highest BCUT2D eigenvalue weighted by Gasteiger charge is 2.23. The number of nitrogens with two attached hydrogens (primary N) is 1. The van der Waals surface area contributed by atoms with Crippen LogP contribution in [-0.2, 0) is 6.42 Å². The van der Waals surface area contributed by atoms with Gasteiger partial charge in [-0.1, -0.05) is 31.5 Å². The van der Waals surface area contributed by atoms with Gasteiger partial charge >= 0.3 is 0 Å². The van der Waals surface area contributed by atoms with Gasteiger partial charge in [0.15, 0.2) is 0 Å². The molecule has 20 heavy (non-hydrogen) atoms. The molecule has 1 fully saturated rings. The van der Waals surface area contributed by atoms with Crippen LogP contribution in [0.1, 0.15) is 45.6 Å². The molecule has 3 unspecified atom stereocenters. The standard InChI is InChI=1S/C17H27ClN2/c1-4-15(19)10-14-5-6-16(11-17(14)18)20-8-7-12(2)9-13(20)3/h5-6,11-13,15H,4,7-10,19H2,1-3H3. The van der Waals surface area contributed by atoms with E-state index in [0.717, 1.165) is 30.3 Å². The van der Waals surface area contributed by atoms with Gasteiger partial charge in [-0.2, -0.15) is 0 Å². The number of piperidine rings is 1. The Morgan fingerprint density at radius 1 is 1.40 bits per heavy atom. The van der Waals surface area contributed by atoms with Gasteiger partial charge in [0.2, 0.25) is 0 Å². The predicted molar refractivity (Wildman–Crippen MR) is 88.6 cm³/mol. The van der Waals surface area contributed by atoms with Crippen LogP contribution in [0.15, 0.2) is 18.2 Å². The second kappa shape index (κ2) is 6.82. The molecule has 112 valence electrons. The minimum atomic E-state index is 0.202. The van der Waals surface area contributed by atoms with Crippen molar-refractivity contribution in [1.82, 2.24) is 0 Å². The highest BCUT2D eigenvalue weighted by atomic mass is 35.5. The van der Waals surface area contributed by atoms with Crippen LogP contribution in [0.25, 0.3) is 0 Å². The fourth-order valence-electron chi connectivity index (χ4n) is 3.10. The largest absolute Gasteiger partial charge is 0.369 e.